The van der Waals surface area contributed by atoms with Gasteiger partial charge in [0.1, 0.15) is 0 Å². The number of benzene rings is 1. The molecule has 0 saturated heterocycles. The first kappa shape index (κ1) is 12.1. The number of hydrogen-bond donors (Lipinski definition) is 1. The molecule has 3 nitrogen and oxygen atoms in total. The first-order valence-electron chi connectivity index (χ1n) is 6.32. The van der Waals surface area contributed by atoms with Crippen LogP contribution in [0.15, 0.2) is 42.7 Å². The Labute approximate surface area is 116 Å². The zero-order valence-corrected chi connectivity index (χ0v) is 11.7. The Morgan fingerprint density at radius 1 is 1.26 bits per heavy atom. The lowest BCUT2D eigenvalue weighted by Crippen LogP contribution is -1.96. The average Bonchev–Trinajstić information content (AvgIpc) is 2.74. The van der Waals surface area contributed by atoms with E-state index in [1.165, 1.54) is 5.56 Å². The maximum absolute atomic E-state index is 5.42. The van der Waals surface area contributed by atoms with Gasteiger partial charge in [0.2, 0.25) is 0 Å². The predicted octanol–water partition coefficient (Wildman–Crippen LogP) is 4.21. The summed E-state index contributed by atoms with van der Waals surface area (Å²) in [6, 6.07) is 10.5. The van der Waals surface area contributed by atoms with Gasteiger partial charge in [-0.2, -0.15) is 0 Å². The summed E-state index contributed by atoms with van der Waals surface area (Å²) >= 11 is 5.42. The number of nitrogens with zero attached hydrogens (tertiary/aromatic N) is 2. The van der Waals surface area contributed by atoms with Gasteiger partial charge < -0.3 is 4.98 Å². The fraction of sp³-hybridized carbons (Fsp3) is 0.200. The summed E-state index contributed by atoms with van der Waals surface area (Å²) in [6.07, 6.45) is 3.58. The number of aromatic amines is 1. The van der Waals surface area contributed by atoms with Crippen molar-refractivity contribution in [2.24, 2.45) is 0 Å². The van der Waals surface area contributed by atoms with Gasteiger partial charge in [-0.25, -0.2) is 0 Å². The molecule has 0 aliphatic rings. The number of fused-ring (bicyclic) bond motifs is 1. The highest BCUT2D eigenvalue weighted by molar-refractivity contribution is 7.71. The smallest absolute Gasteiger partial charge is 0.182 e. The van der Waals surface area contributed by atoms with Gasteiger partial charge in [-0.15, -0.1) is 0 Å². The highest BCUT2D eigenvalue weighted by Gasteiger charge is 2.07. The van der Waals surface area contributed by atoms with Crippen LogP contribution in [0.25, 0.3) is 16.7 Å². The molecule has 0 aliphatic carbocycles. The summed E-state index contributed by atoms with van der Waals surface area (Å²) in [4.78, 5) is 7.31. The van der Waals surface area contributed by atoms with Crippen LogP contribution in [0.5, 0.6) is 0 Å². The maximum atomic E-state index is 5.42. The van der Waals surface area contributed by atoms with Crippen molar-refractivity contribution < 1.29 is 0 Å². The molecule has 0 bridgehead atoms. The molecule has 3 aromatic rings. The van der Waals surface area contributed by atoms with Gasteiger partial charge in [0, 0.05) is 11.9 Å². The summed E-state index contributed by atoms with van der Waals surface area (Å²) in [5, 5.41) is 0. The molecule has 2 heterocycles. The zero-order valence-electron chi connectivity index (χ0n) is 10.9. The summed E-state index contributed by atoms with van der Waals surface area (Å²) in [5.74, 6) is 0.501. The number of imidazole rings is 1. The molecule has 0 radical (unpaired) electrons. The molecule has 0 fully saturated rings. The van der Waals surface area contributed by atoms with Gasteiger partial charge in [-0.05, 0) is 41.9 Å². The van der Waals surface area contributed by atoms with E-state index in [2.05, 4.69) is 52.6 Å². The van der Waals surface area contributed by atoms with Crippen molar-refractivity contribution in [2.75, 3.05) is 0 Å². The third-order valence-corrected chi connectivity index (χ3v) is 3.56. The van der Waals surface area contributed by atoms with Crippen molar-refractivity contribution in [1.29, 1.82) is 0 Å². The molecule has 0 aliphatic heterocycles. The highest BCUT2D eigenvalue weighted by Crippen LogP contribution is 2.22. The Balaban J connectivity index is 2.27. The van der Waals surface area contributed by atoms with Gasteiger partial charge in [-0.3, -0.25) is 9.55 Å². The normalized spacial score (nSPS) is 11.3. The molecule has 0 spiro atoms. The van der Waals surface area contributed by atoms with Crippen LogP contribution in [0, 0.1) is 4.77 Å². The molecule has 2 aromatic heterocycles. The van der Waals surface area contributed by atoms with E-state index < -0.39 is 0 Å². The molecule has 1 N–H and O–H groups in total. The Morgan fingerprint density at radius 3 is 2.89 bits per heavy atom. The van der Waals surface area contributed by atoms with E-state index in [-0.39, 0.29) is 0 Å². The van der Waals surface area contributed by atoms with Gasteiger partial charge in [0.25, 0.3) is 0 Å². The molecule has 3 rings (SSSR count). The monoisotopic (exact) mass is 269 g/mol. The first-order chi connectivity index (χ1) is 9.16. The second-order valence-corrected chi connectivity index (χ2v) is 5.29. The fourth-order valence-electron chi connectivity index (χ4n) is 2.24. The van der Waals surface area contributed by atoms with Crippen LogP contribution < -0.4 is 0 Å². The molecule has 0 atom stereocenters. The van der Waals surface area contributed by atoms with E-state index >= 15 is 0 Å². The number of hydrogen-bond acceptors (Lipinski definition) is 2. The van der Waals surface area contributed by atoms with Crippen LogP contribution in [0.3, 0.4) is 0 Å². The Morgan fingerprint density at radius 2 is 2.11 bits per heavy atom. The van der Waals surface area contributed by atoms with Gasteiger partial charge in [0.15, 0.2) is 4.77 Å². The summed E-state index contributed by atoms with van der Waals surface area (Å²) < 4.78 is 2.75. The van der Waals surface area contributed by atoms with Crippen molar-refractivity contribution in [3.63, 3.8) is 0 Å². The van der Waals surface area contributed by atoms with E-state index in [4.69, 9.17) is 12.2 Å². The zero-order chi connectivity index (χ0) is 13.4. The van der Waals surface area contributed by atoms with Crippen molar-refractivity contribution in [1.82, 2.24) is 14.5 Å². The molecular formula is C15H15N3S. The lowest BCUT2D eigenvalue weighted by atomic mass is 10.0. The number of aromatic nitrogens is 3. The Bertz CT molecular complexity index is 783. The lowest BCUT2D eigenvalue weighted by molar-refractivity contribution is 0.863. The van der Waals surface area contributed by atoms with Crippen LogP contribution in [0.4, 0.5) is 0 Å². The van der Waals surface area contributed by atoms with Crippen LogP contribution in [0.1, 0.15) is 25.3 Å². The highest BCUT2D eigenvalue weighted by atomic mass is 32.1. The SMILES string of the molecule is CC(C)c1cccc(-n2c(=S)[nH]c3cnccc32)c1. The molecule has 19 heavy (non-hydrogen) atoms. The second kappa shape index (κ2) is 4.63. The first-order valence-corrected chi connectivity index (χ1v) is 6.73. The van der Waals surface area contributed by atoms with Crippen molar-refractivity contribution in [3.8, 4) is 5.69 Å². The fourth-order valence-corrected chi connectivity index (χ4v) is 2.55. The van der Waals surface area contributed by atoms with Gasteiger partial charge in [0.05, 0.1) is 17.2 Å². The molecule has 4 heteroatoms. The third-order valence-electron chi connectivity index (χ3n) is 3.28. The third kappa shape index (κ3) is 2.08. The molecule has 0 unspecified atom stereocenters. The Hall–Kier alpha value is -1.94. The quantitative estimate of drug-likeness (QED) is 0.707. The van der Waals surface area contributed by atoms with Crippen molar-refractivity contribution >= 4 is 23.3 Å². The molecule has 96 valence electrons. The van der Waals surface area contributed by atoms with Crippen LogP contribution in [-0.2, 0) is 0 Å². The van der Waals surface area contributed by atoms with Gasteiger partial charge in [-0.1, -0.05) is 26.0 Å². The van der Waals surface area contributed by atoms with E-state index in [9.17, 15) is 0 Å². The van der Waals surface area contributed by atoms with Crippen molar-refractivity contribution in [3.05, 3.63) is 53.1 Å². The lowest BCUT2D eigenvalue weighted by Gasteiger charge is -2.09. The predicted molar refractivity (Wildman–Crippen MR) is 80.3 cm³/mol. The summed E-state index contributed by atoms with van der Waals surface area (Å²) in [7, 11) is 0. The average molecular weight is 269 g/mol. The molecular weight excluding hydrogens is 254 g/mol. The van der Waals surface area contributed by atoms with E-state index in [0.29, 0.717) is 10.7 Å². The summed E-state index contributed by atoms with van der Waals surface area (Å²) in [6.45, 7) is 4.38. The van der Waals surface area contributed by atoms with Crippen LogP contribution in [-0.4, -0.2) is 14.5 Å². The molecule has 1 aromatic carbocycles. The number of nitrogens with one attached hydrogen (secondary N) is 1. The van der Waals surface area contributed by atoms with E-state index in [1.54, 1.807) is 12.4 Å². The standard InChI is InChI=1S/C15H15N3S/c1-10(2)11-4-3-5-12(8-11)18-14-6-7-16-9-13(14)17-15(18)19/h3-10H,1-2H3,(H,17,19). The Kier molecular flexibility index (Phi) is 2.95. The molecule has 0 amide bonds. The topological polar surface area (TPSA) is 33.6 Å². The largest absolute Gasteiger partial charge is 0.329 e. The van der Waals surface area contributed by atoms with E-state index in [0.717, 1.165) is 16.7 Å². The minimum Gasteiger partial charge on any atom is -0.329 e. The van der Waals surface area contributed by atoms with E-state index in [1.807, 2.05) is 6.07 Å². The van der Waals surface area contributed by atoms with Crippen LogP contribution >= 0.6 is 12.2 Å². The van der Waals surface area contributed by atoms with Crippen LogP contribution in [0.2, 0.25) is 0 Å². The maximum Gasteiger partial charge on any atom is 0.182 e. The minimum atomic E-state index is 0.501. The number of rotatable bonds is 2. The van der Waals surface area contributed by atoms with Crippen molar-refractivity contribution in [2.45, 2.75) is 19.8 Å². The second-order valence-electron chi connectivity index (χ2n) is 4.91. The van der Waals surface area contributed by atoms with Gasteiger partial charge >= 0.3 is 0 Å². The molecule has 0 saturated carbocycles. The summed E-state index contributed by atoms with van der Waals surface area (Å²) in [5.41, 5.74) is 4.42. The number of pyridine rings is 1. The number of H-pyrrole nitrogens is 1. The minimum absolute atomic E-state index is 0.501.